The van der Waals surface area contributed by atoms with E-state index in [0.717, 1.165) is 32.3 Å². The van der Waals surface area contributed by atoms with Crippen LogP contribution in [0.5, 0.6) is 0 Å². The van der Waals surface area contributed by atoms with Crippen molar-refractivity contribution in [1.82, 2.24) is 0 Å². The summed E-state index contributed by atoms with van der Waals surface area (Å²) in [5.74, 6) is 6.53. The SMILES string of the molecule is CCC1(C#CCCc2ccccc2)CCO1. The van der Waals surface area contributed by atoms with Crippen molar-refractivity contribution in [2.24, 2.45) is 0 Å². The summed E-state index contributed by atoms with van der Waals surface area (Å²) in [5, 5.41) is 0. The molecule has 1 heteroatoms. The second-order valence-corrected chi connectivity index (χ2v) is 4.23. The summed E-state index contributed by atoms with van der Waals surface area (Å²) in [7, 11) is 0. The van der Waals surface area contributed by atoms with Gasteiger partial charge in [-0.3, -0.25) is 0 Å². The average molecular weight is 214 g/mol. The summed E-state index contributed by atoms with van der Waals surface area (Å²) >= 11 is 0. The fourth-order valence-corrected chi connectivity index (χ4v) is 1.89. The fraction of sp³-hybridized carbons (Fsp3) is 0.467. The summed E-state index contributed by atoms with van der Waals surface area (Å²) in [6.07, 6.45) is 4.07. The first-order valence-electron chi connectivity index (χ1n) is 6.02. The van der Waals surface area contributed by atoms with Gasteiger partial charge < -0.3 is 4.74 Å². The van der Waals surface area contributed by atoms with Crippen molar-refractivity contribution in [1.29, 1.82) is 0 Å². The van der Waals surface area contributed by atoms with Gasteiger partial charge in [-0.2, -0.15) is 0 Å². The van der Waals surface area contributed by atoms with Gasteiger partial charge in [-0.1, -0.05) is 49.1 Å². The van der Waals surface area contributed by atoms with Gasteiger partial charge in [0.2, 0.25) is 0 Å². The maximum absolute atomic E-state index is 5.55. The zero-order valence-electron chi connectivity index (χ0n) is 9.83. The molecular formula is C15H18O. The van der Waals surface area contributed by atoms with Crippen LogP contribution in [0, 0.1) is 11.8 Å². The summed E-state index contributed by atoms with van der Waals surface area (Å²) in [6.45, 7) is 3.02. The molecule has 1 unspecified atom stereocenters. The van der Waals surface area contributed by atoms with Crippen molar-refractivity contribution >= 4 is 0 Å². The summed E-state index contributed by atoms with van der Waals surface area (Å²) in [5.41, 5.74) is 1.26. The predicted molar refractivity (Wildman–Crippen MR) is 66.1 cm³/mol. The minimum atomic E-state index is -0.101. The second-order valence-electron chi connectivity index (χ2n) is 4.23. The third kappa shape index (κ3) is 2.65. The van der Waals surface area contributed by atoms with Gasteiger partial charge in [0.25, 0.3) is 0 Å². The van der Waals surface area contributed by atoms with Gasteiger partial charge >= 0.3 is 0 Å². The molecule has 1 aliphatic rings. The van der Waals surface area contributed by atoms with E-state index in [1.165, 1.54) is 5.56 Å². The molecule has 1 aromatic carbocycles. The molecule has 1 aliphatic heterocycles. The number of aryl methyl sites for hydroxylation is 1. The van der Waals surface area contributed by atoms with E-state index in [1.807, 2.05) is 6.07 Å². The lowest BCUT2D eigenvalue weighted by Gasteiger charge is -2.36. The van der Waals surface area contributed by atoms with Gasteiger partial charge in [-0.25, -0.2) is 0 Å². The third-order valence-corrected chi connectivity index (χ3v) is 3.15. The van der Waals surface area contributed by atoms with Crippen LogP contribution in [-0.4, -0.2) is 12.2 Å². The molecule has 2 rings (SSSR count). The highest BCUT2D eigenvalue weighted by Gasteiger charge is 2.34. The molecule has 1 saturated heterocycles. The summed E-state index contributed by atoms with van der Waals surface area (Å²) < 4.78 is 5.55. The van der Waals surface area contributed by atoms with E-state index in [0.29, 0.717) is 0 Å². The Morgan fingerprint density at radius 3 is 2.62 bits per heavy atom. The van der Waals surface area contributed by atoms with Crippen LogP contribution in [0.25, 0.3) is 0 Å². The highest BCUT2D eigenvalue weighted by atomic mass is 16.5. The quantitative estimate of drug-likeness (QED) is 0.702. The lowest BCUT2D eigenvalue weighted by Crippen LogP contribution is -2.41. The van der Waals surface area contributed by atoms with Gasteiger partial charge in [0.15, 0.2) is 0 Å². The number of hydrogen-bond acceptors (Lipinski definition) is 1. The number of ether oxygens (including phenoxy) is 1. The van der Waals surface area contributed by atoms with Crippen LogP contribution in [-0.2, 0) is 11.2 Å². The first-order chi connectivity index (χ1) is 7.85. The highest BCUT2D eigenvalue weighted by molar-refractivity contribution is 5.20. The molecule has 0 amide bonds. The van der Waals surface area contributed by atoms with Crippen LogP contribution in [0.3, 0.4) is 0 Å². The molecule has 0 radical (unpaired) electrons. The van der Waals surface area contributed by atoms with E-state index in [-0.39, 0.29) is 5.60 Å². The Morgan fingerprint density at radius 1 is 1.31 bits per heavy atom. The molecule has 1 aromatic rings. The van der Waals surface area contributed by atoms with Gasteiger partial charge in [0.05, 0.1) is 6.61 Å². The first-order valence-corrected chi connectivity index (χ1v) is 6.02. The molecule has 0 N–H and O–H groups in total. The topological polar surface area (TPSA) is 9.23 Å². The van der Waals surface area contributed by atoms with Crippen molar-refractivity contribution in [3.8, 4) is 11.8 Å². The zero-order chi connectivity index (χ0) is 11.3. The van der Waals surface area contributed by atoms with Crippen molar-refractivity contribution in [2.75, 3.05) is 6.61 Å². The molecule has 1 heterocycles. The lowest BCUT2D eigenvalue weighted by molar-refractivity contribution is -0.106. The van der Waals surface area contributed by atoms with E-state index < -0.39 is 0 Å². The van der Waals surface area contributed by atoms with Gasteiger partial charge in [0, 0.05) is 12.8 Å². The van der Waals surface area contributed by atoms with Crippen molar-refractivity contribution in [3.05, 3.63) is 35.9 Å². The van der Waals surface area contributed by atoms with E-state index in [4.69, 9.17) is 4.74 Å². The van der Waals surface area contributed by atoms with Crippen LogP contribution in [0.2, 0.25) is 0 Å². The second kappa shape index (κ2) is 5.18. The Labute approximate surface area is 97.8 Å². The molecule has 84 valence electrons. The number of benzene rings is 1. The molecule has 0 aliphatic carbocycles. The molecule has 0 aromatic heterocycles. The molecule has 0 spiro atoms. The Kier molecular flexibility index (Phi) is 3.64. The van der Waals surface area contributed by atoms with Crippen LogP contribution in [0.4, 0.5) is 0 Å². The standard InChI is InChI=1S/C15H18O/c1-2-15(12-13-16-15)11-7-6-10-14-8-4-3-5-9-14/h3-5,8-9H,2,6,10,12-13H2,1H3. The van der Waals surface area contributed by atoms with Crippen molar-refractivity contribution in [2.45, 2.75) is 38.2 Å². The van der Waals surface area contributed by atoms with E-state index >= 15 is 0 Å². The Morgan fingerprint density at radius 2 is 2.06 bits per heavy atom. The van der Waals surface area contributed by atoms with E-state index in [1.54, 1.807) is 0 Å². The third-order valence-electron chi connectivity index (χ3n) is 3.15. The average Bonchev–Trinajstić information content (AvgIpc) is 2.29. The maximum atomic E-state index is 5.55. The normalized spacial score (nSPS) is 23.1. The van der Waals surface area contributed by atoms with E-state index in [2.05, 4.69) is 43.0 Å². The van der Waals surface area contributed by atoms with E-state index in [9.17, 15) is 0 Å². The highest BCUT2D eigenvalue weighted by Crippen LogP contribution is 2.28. The van der Waals surface area contributed by atoms with Crippen molar-refractivity contribution < 1.29 is 4.74 Å². The molecule has 0 bridgehead atoms. The monoisotopic (exact) mass is 214 g/mol. The molecule has 16 heavy (non-hydrogen) atoms. The van der Waals surface area contributed by atoms with Crippen LogP contribution < -0.4 is 0 Å². The van der Waals surface area contributed by atoms with Crippen LogP contribution in [0.15, 0.2) is 30.3 Å². The molecular weight excluding hydrogens is 196 g/mol. The maximum Gasteiger partial charge on any atom is 0.130 e. The number of rotatable bonds is 3. The van der Waals surface area contributed by atoms with Crippen molar-refractivity contribution in [3.63, 3.8) is 0 Å². The predicted octanol–water partition coefficient (Wildman–Crippen LogP) is 3.19. The lowest BCUT2D eigenvalue weighted by atomic mass is 9.92. The largest absolute Gasteiger partial charge is 0.362 e. The van der Waals surface area contributed by atoms with Gasteiger partial charge in [-0.05, 0) is 18.4 Å². The first kappa shape index (κ1) is 11.2. The molecule has 0 saturated carbocycles. The zero-order valence-corrected chi connectivity index (χ0v) is 9.83. The molecule has 1 atom stereocenters. The van der Waals surface area contributed by atoms with Gasteiger partial charge in [-0.15, -0.1) is 0 Å². The summed E-state index contributed by atoms with van der Waals surface area (Å²) in [4.78, 5) is 0. The Bertz CT molecular complexity index is 373. The number of hydrogen-bond donors (Lipinski definition) is 0. The minimum Gasteiger partial charge on any atom is -0.362 e. The summed E-state index contributed by atoms with van der Waals surface area (Å²) in [6, 6.07) is 10.5. The molecule has 1 nitrogen and oxygen atoms in total. The van der Waals surface area contributed by atoms with Crippen LogP contribution in [0.1, 0.15) is 31.7 Å². The van der Waals surface area contributed by atoms with Crippen LogP contribution >= 0.6 is 0 Å². The minimum absolute atomic E-state index is 0.101. The Balaban J connectivity index is 1.82. The smallest absolute Gasteiger partial charge is 0.130 e. The van der Waals surface area contributed by atoms with Gasteiger partial charge in [0.1, 0.15) is 5.60 Å². The fourth-order valence-electron chi connectivity index (χ4n) is 1.89. The molecule has 1 fully saturated rings. The Hall–Kier alpha value is -1.26.